The zero-order valence-corrected chi connectivity index (χ0v) is 31.1. The minimum Gasteiger partial charge on any atom is -0.460 e. The third-order valence-corrected chi connectivity index (χ3v) is 10.8. The molecule has 0 radical (unpaired) electrons. The average Bonchev–Trinajstić information content (AvgIpc) is 3.67. The molecule has 1 spiro atoms. The quantitative estimate of drug-likeness (QED) is 0.130. The second-order valence-corrected chi connectivity index (χ2v) is 14.9. The molecular formula is C37H53BrN4O7. The molecule has 0 aliphatic carbocycles. The Hall–Kier alpha value is -3.22. The zero-order chi connectivity index (χ0) is 36.0. The van der Waals surface area contributed by atoms with Crippen molar-refractivity contribution in [1.29, 1.82) is 0 Å². The Morgan fingerprint density at radius 1 is 1.14 bits per heavy atom. The van der Waals surface area contributed by atoms with Crippen LogP contribution in [0.3, 0.4) is 0 Å². The van der Waals surface area contributed by atoms with Crippen molar-refractivity contribution in [1.82, 2.24) is 10.2 Å². The fourth-order valence-corrected chi connectivity index (χ4v) is 8.70. The Labute approximate surface area is 299 Å². The molecule has 0 saturated carbocycles. The number of alkyl halides is 1. The lowest BCUT2D eigenvalue weighted by atomic mass is 9.70. The molecule has 3 amide bonds. The third kappa shape index (κ3) is 7.76. The monoisotopic (exact) mass is 744 g/mol. The number of hydrogen-bond acceptors (Lipinski definition) is 8. The molecule has 3 aliphatic heterocycles. The van der Waals surface area contributed by atoms with Crippen LogP contribution in [0, 0.1) is 17.8 Å². The number of nitrogens with zero attached hydrogens (tertiary/aromatic N) is 3. The molecule has 2 bridgehead atoms. The van der Waals surface area contributed by atoms with Gasteiger partial charge in [0.1, 0.15) is 17.7 Å². The lowest BCUT2D eigenvalue weighted by Gasteiger charge is -2.40. The van der Waals surface area contributed by atoms with Crippen LogP contribution >= 0.6 is 15.9 Å². The minimum absolute atomic E-state index is 0.110. The fraction of sp³-hybridized carbons (Fsp3) is 0.622. The molecule has 12 heteroatoms. The van der Waals surface area contributed by atoms with Gasteiger partial charge in [0, 0.05) is 42.3 Å². The largest absolute Gasteiger partial charge is 0.460 e. The molecule has 8 atom stereocenters. The summed E-state index contributed by atoms with van der Waals surface area (Å²) in [5.41, 5.74) is 0.338. The summed E-state index contributed by atoms with van der Waals surface area (Å²) >= 11 is 3.71. The zero-order valence-electron chi connectivity index (χ0n) is 29.5. The number of halogens is 1. The van der Waals surface area contributed by atoms with Gasteiger partial charge in [-0.3, -0.25) is 19.2 Å². The van der Waals surface area contributed by atoms with Crippen LogP contribution in [0.2, 0.25) is 0 Å². The van der Waals surface area contributed by atoms with Crippen molar-refractivity contribution >= 4 is 51.0 Å². The minimum atomic E-state index is -1.33. The number of fused-ring (bicyclic) bond motifs is 1. The van der Waals surface area contributed by atoms with Gasteiger partial charge in [-0.2, -0.15) is 0 Å². The number of anilines is 2. The van der Waals surface area contributed by atoms with E-state index in [1.807, 2.05) is 38.1 Å². The third-order valence-electron chi connectivity index (χ3n) is 9.93. The van der Waals surface area contributed by atoms with E-state index >= 15 is 0 Å². The summed E-state index contributed by atoms with van der Waals surface area (Å²) in [5.74, 6) is -3.42. The van der Waals surface area contributed by atoms with E-state index in [1.165, 1.54) is 4.90 Å². The fourth-order valence-electron chi connectivity index (χ4n) is 7.76. The van der Waals surface area contributed by atoms with Crippen LogP contribution in [0.5, 0.6) is 0 Å². The van der Waals surface area contributed by atoms with Crippen LogP contribution in [0.4, 0.5) is 11.4 Å². The molecule has 3 saturated heterocycles. The number of benzene rings is 1. The van der Waals surface area contributed by atoms with E-state index in [0.29, 0.717) is 24.9 Å². The Morgan fingerprint density at radius 3 is 2.37 bits per heavy atom. The number of nitrogens with one attached hydrogen (secondary N) is 1. The van der Waals surface area contributed by atoms with Crippen molar-refractivity contribution in [2.75, 3.05) is 42.6 Å². The number of aliphatic hydroxyl groups is 1. The van der Waals surface area contributed by atoms with Crippen LogP contribution in [-0.2, 0) is 28.7 Å². The molecule has 4 rings (SSSR count). The number of rotatable bonds is 18. The number of esters is 1. The highest BCUT2D eigenvalue weighted by atomic mass is 79.9. The number of hydrogen-bond donors (Lipinski definition) is 2. The summed E-state index contributed by atoms with van der Waals surface area (Å²) in [6, 6.07) is 5.95. The Kier molecular flexibility index (Phi) is 13.1. The molecule has 11 nitrogen and oxygen atoms in total. The number of allylic oxidation sites excluding steroid dienone is 1. The number of amides is 3. The first-order valence-corrected chi connectivity index (χ1v) is 18.4. The van der Waals surface area contributed by atoms with E-state index < -0.39 is 53.6 Å². The van der Waals surface area contributed by atoms with Crippen molar-refractivity contribution in [3.63, 3.8) is 0 Å². The lowest BCUT2D eigenvalue weighted by molar-refractivity contribution is -0.159. The predicted molar refractivity (Wildman–Crippen MR) is 193 cm³/mol. The van der Waals surface area contributed by atoms with E-state index in [9.17, 15) is 24.3 Å². The molecule has 2 N–H and O–H groups in total. The summed E-state index contributed by atoms with van der Waals surface area (Å²) in [7, 11) is 0. The molecule has 270 valence electrons. The summed E-state index contributed by atoms with van der Waals surface area (Å²) in [4.78, 5) is 60.6. The molecule has 3 aliphatic rings. The van der Waals surface area contributed by atoms with Gasteiger partial charge >= 0.3 is 5.97 Å². The molecule has 49 heavy (non-hydrogen) atoms. The van der Waals surface area contributed by atoms with E-state index in [2.05, 4.69) is 53.2 Å². The highest BCUT2D eigenvalue weighted by molar-refractivity contribution is 9.09. The van der Waals surface area contributed by atoms with Gasteiger partial charge in [-0.1, -0.05) is 41.9 Å². The maximum atomic E-state index is 15.0. The molecule has 3 fully saturated rings. The first kappa shape index (κ1) is 38.6. The van der Waals surface area contributed by atoms with Gasteiger partial charge < -0.3 is 34.6 Å². The van der Waals surface area contributed by atoms with Gasteiger partial charge in [0.05, 0.1) is 37.1 Å². The highest BCUT2D eigenvalue weighted by Crippen LogP contribution is 2.61. The molecule has 1 aromatic carbocycles. The molecule has 0 aromatic heterocycles. The Morgan fingerprint density at radius 2 is 1.80 bits per heavy atom. The Bertz CT molecular complexity index is 1370. The summed E-state index contributed by atoms with van der Waals surface area (Å²) in [6.45, 7) is 19.0. The maximum absolute atomic E-state index is 15.0. The van der Waals surface area contributed by atoms with Crippen LogP contribution in [0.1, 0.15) is 60.3 Å². The highest BCUT2D eigenvalue weighted by Gasteiger charge is 2.77. The Balaban J connectivity index is 1.70. The van der Waals surface area contributed by atoms with Crippen LogP contribution in [0.15, 0.2) is 49.6 Å². The van der Waals surface area contributed by atoms with Gasteiger partial charge in [-0.25, -0.2) is 0 Å². The smallest absolute Gasteiger partial charge is 0.312 e. The number of aliphatic hydroxyl groups excluding tert-OH is 1. The first-order chi connectivity index (χ1) is 23.4. The van der Waals surface area contributed by atoms with E-state index in [-0.39, 0.29) is 48.7 Å². The van der Waals surface area contributed by atoms with Gasteiger partial charge in [0.2, 0.25) is 11.8 Å². The topological polar surface area (TPSA) is 129 Å². The second kappa shape index (κ2) is 16.7. The van der Waals surface area contributed by atoms with Gasteiger partial charge in [0.15, 0.2) is 0 Å². The van der Waals surface area contributed by atoms with Crippen LogP contribution in [-0.4, -0.2) is 101 Å². The normalized spacial score (nSPS) is 26.7. The van der Waals surface area contributed by atoms with Crippen LogP contribution < -0.4 is 15.1 Å². The summed E-state index contributed by atoms with van der Waals surface area (Å²) in [6.07, 6.45) is 3.53. The van der Waals surface area contributed by atoms with Crippen molar-refractivity contribution in [3.05, 3.63) is 49.6 Å². The van der Waals surface area contributed by atoms with E-state index in [4.69, 9.17) is 9.47 Å². The molecule has 1 unspecified atom stereocenters. The SMILES string of the molecule is C=CCCC(=O)NC[C@@H](C)OC(=O)[C@H]1[C@@H]2O[C@@]3(CC2Br)[C@@H]1C(=O)N([C@@H](CO)CC(C)C)[C@@H]3C(=O)N(CC=C)c1ccc(N(CC)CC)cc1. The number of carbonyl (C=O) groups is 4. The lowest BCUT2D eigenvalue weighted by Crippen LogP contribution is -2.59. The number of likely N-dealkylation sites (tertiary alicyclic amines) is 1. The predicted octanol–water partition coefficient (Wildman–Crippen LogP) is 4.22. The molecule has 3 heterocycles. The van der Waals surface area contributed by atoms with Crippen LogP contribution in [0.25, 0.3) is 0 Å². The van der Waals surface area contributed by atoms with Gasteiger partial charge in [0.25, 0.3) is 5.91 Å². The standard InChI is InChI=1S/C37H53BrN4O7/c1-8-12-13-29(44)39-21-24(7)48-36(47)30-31-34(45)42(27(22-43)19-23(5)6)33(37(31)20-28(38)32(30)49-37)35(46)41(18-9-2)26-16-14-25(15-17-26)40(10-3)11-4/h8-9,14-17,23-24,27-28,30-33,43H,1-2,10-13,18-22H2,3-7H3,(H,39,44)/t24-,27-,28?,30-,31+,32-,33-,37+/m1/s1. The van der Waals surface area contributed by atoms with Crippen molar-refractivity contribution in [2.45, 2.75) is 95.0 Å². The number of ether oxygens (including phenoxy) is 2. The average molecular weight is 746 g/mol. The van der Waals surface area contributed by atoms with Crippen molar-refractivity contribution in [2.24, 2.45) is 17.8 Å². The maximum Gasteiger partial charge on any atom is 0.312 e. The van der Waals surface area contributed by atoms with Crippen molar-refractivity contribution < 1.29 is 33.8 Å². The molecule has 1 aromatic rings. The molecular weight excluding hydrogens is 692 g/mol. The van der Waals surface area contributed by atoms with Gasteiger partial charge in [-0.05, 0) is 70.2 Å². The van der Waals surface area contributed by atoms with Gasteiger partial charge in [-0.15, -0.1) is 13.2 Å². The number of carbonyl (C=O) groups excluding carboxylic acids is 4. The van der Waals surface area contributed by atoms with Crippen molar-refractivity contribution in [3.8, 4) is 0 Å². The van der Waals surface area contributed by atoms with E-state index in [0.717, 1.165) is 18.8 Å². The second-order valence-electron chi connectivity index (χ2n) is 13.7. The van der Waals surface area contributed by atoms with E-state index in [1.54, 1.807) is 24.0 Å². The summed E-state index contributed by atoms with van der Waals surface area (Å²) in [5, 5.41) is 13.4. The first-order valence-electron chi connectivity index (χ1n) is 17.5. The summed E-state index contributed by atoms with van der Waals surface area (Å²) < 4.78 is 12.5.